The standard InChI is InChI=1S/C12H15NO4S/c1-2-18(15,16)10-5-3-9(4-6-10)12(11(13)14)7-17-8-12/h3-6H,2,7-8H2,1H3,(H2,13,14). The van der Waals surface area contributed by atoms with Crippen LogP contribution in [-0.4, -0.2) is 33.3 Å². The second-order valence-corrected chi connectivity index (χ2v) is 6.65. The van der Waals surface area contributed by atoms with Gasteiger partial charge in [0.1, 0.15) is 5.41 Å². The molecule has 1 aromatic carbocycles. The second kappa shape index (κ2) is 4.37. The van der Waals surface area contributed by atoms with Crippen molar-refractivity contribution in [2.45, 2.75) is 17.2 Å². The summed E-state index contributed by atoms with van der Waals surface area (Å²) in [6.07, 6.45) is 0. The van der Waals surface area contributed by atoms with Gasteiger partial charge in [0.2, 0.25) is 5.91 Å². The van der Waals surface area contributed by atoms with Gasteiger partial charge in [0.05, 0.1) is 23.9 Å². The van der Waals surface area contributed by atoms with Crippen LogP contribution in [0.5, 0.6) is 0 Å². The van der Waals surface area contributed by atoms with E-state index >= 15 is 0 Å². The van der Waals surface area contributed by atoms with Gasteiger partial charge in [-0.25, -0.2) is 8.42 Å². The maximum Gasteiger partial charge on any atom is 0.232 e. The third-order valence-corrected chi connectivity index (χ3v) is 5.07. The van der Waals surface area contributed by atoms with Crippen LogP contribution in [0.1, 0.15) is 12.5 Å². The molecule has 0 aromatic heterocycles. The number of sulfone groups is 1. The molecule has 2 N–H and O–H groups in total. The number of benzene rings is 1. The Hall–Kier alpha value is -1.40. The van der Waals surface area contributed by atoms with Gasteiger partial charge in [-0.1, -0.05) is 19.1 Å². The molecular weight excluding hydrogens is 254 g/mol. The average molecular weight is 269 g/mol. The molecule has 1 heterocycles. The molecule has 0 radical (unpaired) electrons. The smallest absolute Gasteiger partial charge is 0.232 e. The van der Waals surface area contributed by atoms with Gasteiger partial charge in [0.15, 0.2) is 9.84 Å². The zero-order valence-corrected chi connectivity index (χ0v) is 10.9. The normalized spacial score (nSPS) is 18.1. The summed E-state index contributed by atoms with van der Waals surface area (Å²) < 4.78 is 28.4. The SMILES string of the molecule is CCS(=O)(=O)c1ccc(C2(C(N)=O)COC2)cc1. The number of hydrogen-bond acceptors (Lipinski definition) is 4. The van der Waals surface area contributed by atoms with Gasteiger partial charge in [0.25, 0.3) is 0 Å². The van der Waals surface area contributed by atoms with Crippen molar-refractivity contribution in [3.63, 3.8) is 0 Å². The predicted molar refractivity (Wildman–Crippen MR) is 65.9 cm³/mol. The van der Waals surface area contributed by atoms with Gasteiger partial charge in [-0.2, -0.15) is 0 Å². The minimum absolute atomic E-state index is 0.0520. The Morgan fingerprint density at radius 1 is 1.33 bits per heavy atom. The van der Waals surface area contributed by atoms with Crippen LogP contribution in [0.2, 0.25) is 0 Å². The molecule has 18 heavy (non-hydrogen) atoms. The molecule has 5 nitrogen and oxygen atoms in total. The topological polar surface area (TPSA) is 86.5 Å². The van der Waals surface area contributed by atoms with Crippen LogP contribution < -0.4 is 5.73 Å². The van der Waals surface area contributed by atoms with E-state index in [2.05, 4.69) is 0 Å². The molecule has 0 spiro atoms. The molecule has 0 atom stereocenters. The highest BCUT2D eigenvalue weighted by Gasteiger charge is 2.46. The first kappa shape index (κ1) is 13.0. The highest BCUT2D eigenvalue weighted by Crippen LogP contribution is 2.32. The highest BCUT2D eigenvalue weighted by atomic mass is 32.2. The first-order valence-electron chi connectivity index (χ1n) is 5.63. The third kappa shape index (κ3) is 1.91. The molecule has 0 saturated carbocycles. The van der Waals surface area contributed by atoms with Gasteiger partial charge < -0.3 is 10.5 Å². The van der Waals surface area contributed by atoms with Crippen molar-refractivity contribution in [2.75, 3.05) is 19.0 Å². The van der Waals surface area contributed by atoms with Gasteiger partial charge in [0, 0.05) is 0 Å². The van der Waals surface area contributed by atoms with E-state index in [4.69, 9.17) is 10.5 Å². The number of carbonyl (C=O) groups excluding carboxylic acids is 1. The Kier molecular flexibility index (Phi) is 3.16. The molecule has 1 aromatic rings. The average Bonchev–Trinajstić information content (AvgIpc) is 2.28. The highest BCUT2D eigenvalue weighted by molar-refractivity contribution is 7.91. The monoisotopic (exact) mass is 269 g/mol. The number of rotatable bonds is 4. The molecule has 98 valence electrons. The first-order chi connectivity index (χ1) is 8.42. The van der Waals surface area contributed by atoms with E-state index in [1.54, 1.807) is 19.1 Å². The van der Waals surface area contributed by atoms with E-state index in [9.17, 15) is 13.2 Å². The van der Waals surface area contributed by atoms with E-state index < -0.39 is 21.2 Å². The maximum atomic E-state index is 11.7. The molecule has 1 amide bonds. The van der Waals surface area contributed by atoms with Crippen molar-refractivity contribution in [1.29, 1.82) is 0 Å². The summed E-state index contributed by atoms with van der Waals surface area (Å²) in [5.41, 5.74) is 5.29. The number of nitrogens with two attached hydrogens (primary N) is 1. The number of ether oxygens (including phenoxy) is 1. The third-order valence-electron chi connectivity index (χ3n) is 3.31. The summed E-state index contributed by atoms with van der Waals surface area (Å²) in [5, 5.41) is 0. The van der Waals surface area contributed by atoms with E-state index in [1.807, 2.05) is 0 Å². The Morgan fingerprint density at radius 2 is 1.89 bits per heavy atom. The summed E-state index contributed by atoms with van der Waals surface area (Å²) >= 11 is 0. The molecule has 2 rings (SSSR count). The fourth-order valence-electron chi connectivity index (χ4n) is 1.91. The van der Waals surface area contributed by atoms with Crippen molar-refractivity contribution in [2.24, 2.45) is 5.73 Å². The van der Waals surface area contributed by atoms with Gasteiger partial charge in [-0.05, 0) is 17.7 Å². The fraction of sp³-hybridized carbons (Fsp3) is 0.417. The first-order valence-corrected chi connectivity index (χ1v) is 7.28. The van der Waals surface area contributed by atoms with E-state index in [-0.39, 0.29) is 23.9 Å². The molecule has 0 aliphatic carbocycles. The zero-order valence-electron chi connectivity index (χ0n) is 10.0. The second-order valence-electron chi connectivity index (χ2n) is 4.37. The summed E-state index contributed by atoms with van der Waals surface area (Å²) in [5.74, 6) is -0.393. The molecular formula is C12H15NO4S. The van der Waals surface area contributed by atoms with Crippen molar-refractivity contribution >= 4 is 15.7 Å². The minimum Gasteiger partial charge on any atom is -0.378 e. The Morgan fingerprint density at radius 3 is 2.22 bits per heavy atom. The largest absolute Gasteiger partial charge is 0.378 e. The Balaban J connectivity index is 2.37. The number of amides is 1. The van der Waals surface area contributed by atoms with Gasteiger partial charge in [-0.3, -0.25) is 4.79 Å². The quantitative estimate of drug-likeness (QED) is 0.848. The number of hydrogen-bond donors (Lipinski definition) is 1. The Bertz CT molecular complexity index is 558. The Labute approximate surface area is 106 Å². The van der Waals surface area contributed by atoms with Crippen LogP contribution in [0.25, 0.3) is 0 Å². The lowest BCUT2D eigenvalue weighted by Crippen LogP contribution is -2.56. The van der Waals surface area contributed by atoms with Gasteiger partial charge >= 0.3 is 0 Å². The molecule has 1 aliphatic rings. The molecule has 1 aliphatic heterocycles. The van der Waals surface area contributed by atoms with Crippen molar-refractivity contribution in [1.82, 2.24) is 0 Å². The lowest BCUT2D eigenvalue weighted by molar-refractivity contribution is -0.141. The lowest BCUT2D eigenvalue weighted by Gasteiger charge is -2.38. The van der Waals surface area contributed by atoms with Crippen LogP contribution in [0, 0.1) is 0 Å². The summed E-state index contributed by atoms with van der Waals surface area (Å²) in [6, 6.07) is 6.29. The molecule has 6 heteroatoms. The van der Waals surface area contributed by atoms with Crippen LogP contribution in [0.15, 0.2) is 29.2 Å². The van der Waals surface area contributed by atoms with Crippen molar-refractivity contribution in [3.8, 4) is 0 Å². The minimum atomic E-state index is -3.22. The summed E-state index contributed by atoms with van der Waals surface area (Å²) in [7, 11) is -3.22. The number of carbonyl (C=O) groups is 1. The zero-order chi connectivity index (χ0) is 13.4. The van der Waals surface area contributed by atoms with Crippen LogP contribution >= 0.6 is 0 Å². The van der Waals surface area contributed by atoms with Crippen molar-refractivity contribution < 1.29 is 17.9 Å². The molecule has 1 fully saturated rings. The van der Waals surface area contributed by atoms with E-state index in [1.165, 1.54) is 12.1 Å². The number of primary amides is 1. The molecule has 1 saturated heterocycles. The van der Waals surface area contributed by atoms with Crippen LogP contribution in [-0.2, 0) is 24.8 Å². The van der Waals surface area contributed by atoms with Crippen molar-refractivity contribution in [3.05, 3.63) is 29.8 Å². The fourth-order valence-corrected chi connectivity index (χ4v) is 2.79. The van der Waals surface area contributed by atoms with Crippen LogP contribution in [0.3, 0.4) is 0 Å². The predicted octanol–water partition coefficient (Wildman–Crippen LogP) is 0.234. The van der Waals surface area contributed by atoms with Gasteiger partial charge in [-0.15, -0.1) is 0 Å². The summed E-state index contributed by atoms with van der Waals surface area (Å²) in [4.78, 5) is 11.7. The summed E-state index contributed by atoms with van der Waals surface area (Å²) in [6.45, 7) is 2.10. The van der Waals surface area contributed by atoms with E-state index in [0.29, 0.717) is 5.56 Å². The van der Waals surface area contributed by atoms with Crippen LogP contribution in [0.4, 0.5) is 0 Å². The molecule has 0 unspecified atom stereocenters. The maximum absolute atomic E-state index is 11.7. The lowest BCUT2D eigenvalue weighted by atomic mass is 9.78. The van der Waals surface area contributed by atoms with E-state index in [0.717, 1.165) is 0 Å². The molecule has 0 bridgehead atoms.